The number of rotatable bonds is 8. The van der Waals surface area contributed by atoms with E-state index in [9.17, 15) is 9.59 Å². The molecule has 1 aromatic heterocycles. The molecule has 0 saturated carbocycles. The van der Waals surface area contributed by atoms with Crippen molar-refractivity contribution >= 4 is 23.4 Å². The van der Waals surface area contributed by atoms with Gasteiger partial charge in [0.25, 0.3) is 0 Å². The number of benzene rings is 1. The van der Waals surface area contributed by atoms with Crippen molar-refractivity contribution in [2.45, 2.75) is 39.3 Å². The van der Waals surface area contributed by atoms with Gasteiger partial charge in [0.05, 0.1) is 6.61 Å². The van der Waals surface area contributed by atoms with Gasteiger partial charge in [-0.3, -0.25) is 0 Å². The Morgan fingerprint density at radius 2 is 1.96 bits per heavy atom. The minimum Gasteiger partial charge on any atom is -0.464 e. The molecule has 1 N–H and O–H groups in total. The molecule has 134 valence electrons. The maximum atomic E-state index is 12.4. The van der Waals surface area contributed by atoms with Gasteiger partial charge >= 0.3 is 12.1 Å². The van der Waals surface area contributed by atoms with Crippen molar-refractivity contribution in [2.24, 2.45) is 0 Å². The van der Waals surface area contributed by atoms with Crippen molar-refractivity contribution in [2.75, 3.05) is 6.61 Å². The molecular formula is C19H23NO4S. The zero-order valence-electron chi connectivity index (χ0n) is 14.5. The quantitative estimate of drug-likeness (QED) is 0.560. The van der Waals surface area contributed by atoms with E-state index in [1.54, 1.807) is 0 Å². The summed E-state index contributed by atoms with van der Waals surface area (Å²) in [5.41, 5.74) is 1.91. The molecule has 1 amide bonds. The molecule has 0 aliphatic carbocycles. The summed E-state index contributed by atoms with van der Waals surface area (Å²) in [5, 5.41) is 4.55. The molecule has 1 unspecified atom stereocenters. The number of hydrogen-bond acceptors (Lipinski definition) is 5. The Balaban J connectivity index is 1.97. The maximum Gasteiger partial charge on any atom is 0.408 e. The summed E-state index contributed by atoms with van der Waals surface area (Å²) in [7, 11) is 0. The van der Waals surface area contributed by atoms with Gasteiger partial charge in [0.2, 0.25) is 0 Å². The first-order chi connectivity index (χ1) is 12.1. The predicted octanol–water partition coefficient (Wildman–Crippen LogP) is 4.37. The molecule has 0 fully saturated rings. The number of unbranched alkanes of at least 4 members (excludes halogenated alkanes) is 1. The topological polar surface area (TPSA) is 64.6 Å². The second-order valence-corrected chi connectivity index (χ2v) is 6.63. The van der Waals surface area contributed by atoms with Gasteiger partial charge < -0.3 is 14.8 Å². The minimum absolute atomic E-state index is 0.147. The fraction of sp³-hybridized carbons (Fsp3) is 0.368. The standard InChI is InChI=1S/C19H23NO4S/c1-3-4-10-23-18(21)17(16-11-14(2)13-25-16)20-19(22)24-12-15-8-6-5-7-9-15/h5-9,11,13,17H,3-4,10,12H2,1-2H3,(H,20,22). The van der Waals surface area contributed by atoms with E-state index in [0.717, 1.165) is 28.8 Å². The molecule has 0 radical (unpaired) electrons. The van der Waals surface area contributed by atoms with E-state index in [1.807, 2.05) is 55.6 Å². The van der Waals surface area contributed by atoms with Gasteiger partial charge in [-0.25, -0.2) is 9.59 Å². The molecule has 0 aliphatic heterocycles. The number of carbonyl (C=O) groups is 2. The normalized spacial score (nSPS) is 11.6. The fourth-order valence-electron chi connectivity index (χ4n) is 2.13. The van der Waals surface area contributed by atoms with Gasteiger partial charge in [0.1, 0.15) is 6.61 Å². The van der Waals surface area contributed by atoms with E-state index in [4.69, 9.17) is 9.47 Å². The number of carbonyl (C=O) groups excluding carboxylic acids is 2. The SMILES string of the molecule is CCCCOC(=O)C(NC(=O)OCc1ccccc1)c1cc(C)cs1. The smallest absolute Gasteiger partial charge is 0.408 e. The van der Waals surface area contributed by atoms with Crippen molar-refractivity contribution in [3.05, 3.63) is 57.8 Å². The van der Waals surface area contributed by atoms with Crippen LogP contribution in [0.15, 0.2) is 41.8 Å². The van der Waals surface area contributed by atoms with Crippen molar-refractivity contribution in [3.8, 4) is 0 Å². The third-order valence-corrected chi connectivity index (χ3v) is 4.60. The first-order valence-electron chi connectivity index (χ1n) is 8.29. The summed E-state index contributed by atoms with van der Waals surface area (Å²) >= 11 is 1.41. The summed E-state index contributed by atoms with van der Waals surface area (Å²) in [6.45, 7) is 4.45. The summed E-state index contributed by atoms with van der Waals surface area (Å²) < 4.78 is 10.5. The van der Waals surface area contributed by atoms with Gasteiger partial charge in [0.15, 0.2) is 6.04 Å². The molecule has 6 heteroatoms. The van der Waals surface area contributed by atoms with Gasteiger partial charge in [0, 0.05) is 4.88 Å². The van der Waals surface area contributed by atoms with Crippen LogP contribution in [0.5, 0.6) is 0 Å². The highest BCUT2D eigenvalue weighted by Crippen LogP contribution is 2.23. The van der Waals surface area contributed by atoms with Crippen LogP contribution < -0.4 is 5.32 Å². The maximum absolute atomic E-state index is 12.4. The van der Waals surface area contributed by atoms with E-state index < -0.39 is 18.1 Å². The van der Waals surface area contributed by atoms with Crippen LogP contribution in [0.4, 0.5) is 4.79 Å². The summed E-state index contributed by atoms with van der Waals surface area (Å²) in [6.07, 6.45) is 1.08. The van der Waals surface area contributed by atoms with Crippen molar-refractivity contribution in [3.63, 3.8) is 0 Å². The summed E-state index contributed by atoms with van der Waals surface area (Å²) in [6, 6.07) is 10.4. The highest BCUT2D eigenvalue weighted by molar-refractivity contribution is 7.10. The van der Waals surface area contributed by atoms with E-state index in [-0.39, 0.29) is 6.61 Å². The number of hydrogen-bond donors (Lipinski definition) is 1. The van der Waals surface area contributed by atoms with Crippen LogP contribution in [-0.4, -0.2) is 18.7 Å². The van der Waals surface area contributed by atoms with E-state index in [2.05, 4.69) is 5.32 Å². The highest BCUT2D eigenvalue weighted by Gasteiger charge is 2.26. The van der Waals surface area contributed by atoms with Crippen LogP contribution in [0.1, 0.15) is 41.8 Å². The zero-order chi connectivity index (χ0) is 18.1. The first kappa shape index (κ1) is 19.0. The molecule has 1 atom stereocenters. The average Bonchev–Trinajstić information content (AvgIpc) is 3.05. The van der Waals surface area contributed by atoms with E-state index in [1.165, 1.54) is 11.3 Å². The lowest BCUT2D eigenvalue weighted by Gasteiger charge is -2.16. The van der Waals surface area contributed by atoms with Crippen LogP contribution in [0.3, 0.4) is 0 Å². The Hall–Kier alpha value is -2.34. The van der Waals surface area contributed by atoms with E-state index >= 15 is 0 Å². The highest BCUT2D eigenvalue weighted by atomic mass is 32.1. The van der Waals surface area contributed by atoms with Crippen LogP contribution in [0, 0.1) is 6.92 Å². The Kier molecular flexibility index (Phi) is 7.47. The molecular weight excluding hydrogens is 338 g/mol. The van der Waals surface area contributed by atoms with Crippen LogP contribution in [0.2, 0.25) is 0 Å². The number of nitrogens with one attached hydrogen (secondary N) is 1. The number of ether oxygens (including phenoxy) is 2. The lowest BCUT2D eigenvalue weighted by molar-refractivity contribution is -0.146. The molecule has 1 heterocycles. The number of alkyl carbamates (subject to hydrolysis) is 1. The number of amides is 1. The second kappa shape index (κ2) is 9.84. The number of thiophene rings is 1. The second-order valence-electron chi connectivity index (χ2n) is 5.69. The van der Waals surface area contributed by atoms with Crippen LogP contribution in [0.25, 0.3) is 0 Å². The number of esters is 1. The zero-order valence-corrected chi connectivity index (χ0v) is 15.3. The average molecular weight is 361 g/mol. The lowest BCUT2D eigenvalue weighted by Crippen LogP contribution is -2.35. The fourth-order valence-corrected chi connectivity index (χ4v) is 3.07. The van der Waals surface area contributed by atoms with Gasteiger partial charge in [-0.2, -0.15) is 0 Å². The third kappa shape index (κ3) is 6.23. The molecule has 0 bridgehead atoms. The van der Waals surface area contributed by atoms with E-state index in [0.29, 0.717) is 6.61 Å². The van der Waals surface area contributed by atoms with Crippen LogP contribution >= 0.6 is 11.3 Å². The first-order valence-corrected chi connectivity index (χ1v) is 9.17. The molecule has 1 aromatic carbocycles. The van der Waals surface area contributed by atoms with Crippen molar-refractivity contribution in [1.29, 1.82) is 0 Å². The molecule has 0 aliphatic rings. The Morgan fingerprint density at radius 3 is 2.60 bits per heavy atom. The van der Waals surface area contributed by atoms with Gasteiger partial charge in [-0.1, -0.05) is 43.7 Å². The van der Waals surface area contributed by atoms with Crippen molar-refractivity contribution in [1.82, 2.24) is 5.32 Å². The van der Waals surface area contributed by atoms with Gasteiger partial charge in [-0.05, 0) is 35.9 Å². The molecule has 2 aromatic rings. The largest absolute Gasteiger partial charge is 0.464 e. The minimum atomic E-state index is -0.848. The monoisotopic (exact) mass is 361 g/mol. The van der Waals surface area contributed by atoms with Gasteiger partial charge in [-0.15, -0.1) is 11.3 Å². The molecule has 2 rings (SSSR count). The summed E-state index contributed by atoms with van der Waals surface area (Å²) in [5.74, 6) is -0.466. The molecule has 0 spiro atoms. The molecule has 25 heavy (non-hydrogen) atoms. The Morgan fingerprint density at radius 1 is 1.20 bits per heavy atom. The van der Waals surface area contributed by atoms with Crippen molar-refractivity contribution < 1.29 is 19.1 Å². The Labute approximate surface area is 152 Å². The lowest BCUT2D eigenvalue weighted by atomic mass is 10.2. The third-order valence-electron chi connectivity index (χ3n) is 3.49. The van der Waals surface area contributed by atoms with Crippen LogP contribution in [-0.2, 0) is 20.9 Å². The summed E-state index contributed by atoms with van der Waals surface area (Å²) in [4.78, 5) is 25.2. The predicted molar refractivity (Wildman–Crippen MR) is 97.4 cm³/mol. The molecule has 0 saturated heterocycles. The Bertz CT molecular complexity index is 684. The molecule has 5 nitrogen and oxygen atoms in total. The number of aryl methyl sites for hydroxylation is 1.